The van der Waals surface area contributed by atoms with Crippen LogP contribution in [-0.4, -0.2) is 10.8 Å². The van der Waals surface area contributed by atoms with Gasteiger partial charge < -0.3 is 5.11 Å². The molecule has 0 aliphatic heterocycles. The van der Waals surface area contributed by atoms with Crippen LogP contribution in [0.25, 0.3) is 0 Å². The lowest BCUT2D eigenvalue weighted by atomic mass is 9.71. The van der Waals surface area contributed by atoms with Gasteiger partial charge in [-0.05, 0) is 60.6 Å². The molecule has 0 spiro atoms. The van der Waals surface area contributed by atoms with Gasteiger partial charge >= 0.3 is 0 Å². The van der Waals surface area contributed by atoms with Crippen molar-refractivity contribution in [3.8, 4) is 0 Å². The fourth-order valence-corrected chi connectivity index (χ4v) is 4.72. The van der Waals surface area contributed by atoms with E-state index in [1.54, 1.807) is 11.3 Å². The maximum absolute atomic E-state index is 10.9. The van der Waals surface area contributed by atoms with E-state index >= 15 is 0 Å². The van der Waals surface area contributed by atoms with Crippen LogP contribution in [0, 0.1) is 11.8 Å². The summed E-state index contributed by atoms with van der Waals surface area (Å²) in [6.45, 7) is 2.25. The number of hydrogen-bond donors (Lipinski definition) is 2. The molecular weight excluding hydrogens is 290 g/mol. The van der Waals surface area contributed by atoms with Crippen LogP contribution in [0.3, 0.4) is 0 Å². The van der Waals surface area contributed by atoms with Gasteiger partial charge in [0, 0.05) is 10.8 Å². The third kappa shape index (κ3) is 3.22. The predicted molar refractivity (Wildman–Crippen MR) is 93.7 cm³/mol. The van der Waals surface area contributed by atoms with E-state index in [0.717, 1.165) is 37.2 Å². The van der Waals surface area contributed by atoms with Gasteiger partial charge in [-0.15, -0.1) is 11.3 Å². The molecule has 0 saturated heterocycles. The Balaban J connectivity index is 1.69. The first kappa shape index (κ1) is 16.0. The Morgan fingerprint density at radius 3 is 3.00 bits per heavy atom. The maximum atomic E-state index is 10.9. The van der Waals surface area contributed by atoms with Crippen LogP contribution < -0.4 is 5.73 Å². The fraction of sp³-hybridized carbons (Fsp3) is 0.579. The number of rotatable bonds is 5. The zero-order valence-electron chi connectivity index (χ0n) is 13.4. The monoisotopic (exact) mass is 317 g/mol. The molecule has 0 saturated carbocycles. The molecule has 0 radical (unpaired) electrons. The highest BCUT2D eigenvalue weighted by atomic mass is 32.1. The molecule has 1 aromatic rings. The summed E-state index contributed by atoms with van der Waals surface area (Å²) in [5.74, 6) is 0.808. The van der Waals surface area contributed by atoms with Crippen LogP contribution >= 0.6 is 11.3 Å². The normalized spacial score (nSPS) is 31.4. The Labute approximate surface area is 137 Å². The maximum Gasteiger partial charge on any atom is 0.142 e. The summed E-state index contributed by atoms with van der Waals surface area (Å²) in [6, 6.07) is 4.24. The van der Waals surface area contributed by atoms with E-state index in [9.17, 15) is 5.11 Å². The van der Waals surface area contributed by atoms with Gasteiger partial charge in [0.2, 0.25) is 0 Å². The molecule has 3 N–H and O–H groups in total. The standard InChI is InChI=1S/C19H27NOS/c1-2-4-14-6-11-18-15(13-14)7-8-16(19(18,20)21)9-10-17-5-3-12-22-17/h3,5,7-8,12,14,16,21H,2,4,6,9-11,13,20H2,1H3/t14-,16?,19?/m0/s1. The number of aliphatic hydroxyl groups is 1. The van der Waals surface area contributed by atoms with Gasteiger partial charge in [-0.1, -0.05) is 38.0 Å². The van der Waals surface area contributed by atoms with Crippen LogP contribution in [0.4, 0.5) is 0 Å². The molecule has 0 aromatic carbocycles. The SMILES string of the molecule is CCC[C@H]1CCC2=C(C=CC(CCc3cccs3)C2(N)O)C1. The van der Waals surface area contributed by atoms with Crippen molar-refractivity contribution in [3.63, 3.8) is 0 Å². The topological polar surface area (TPSA) is 46.2 Å². The lowest BCUT2D eigenvalue weighted by Gasteiger charge is -2.41. The first-order chi connectivity index (χ1) is 10.6. The van der Waals surface area contributed by atoms with Crippen LogP contribution in [0.5, 0.6) is 0 Å². The highest BCUT2D eigenvalue weighted by molar-refractivity contribution is 7.09. The zero-order valence-corrected chi connectivity index (χ0v) is 14.2. The summed E-state index contributed by atoms with van der Waals surface area (Å²) in [7, 11) is 0. The Bertz CT molecular complexity index is 556. The van der Waals surface area contributed by atoms with Crippen LogP contribution in [-0.2, 0) is 6.42 Å². The molecule has 0 amide bonds. The fourth-order valence-electron chi connectivity index (χ4n) is 4.00. The molecule has 3 atom stereocenters. The molecule has 120 valence electrons. The van der Waals surface area contributed by atoms with E-state index < -0.39 is 5.72 Å². The third-order valence-electron chi connectivity index (χ3n) is 5.26. The number of aryl methyl sites for hydroxylation is 1. The Morgan fingerprint density at radius 1 is 1.41 bits per heavy atom. The minimum atomic E-state index is -1.14. The van der Waals surface area contributed by atoms with E-state index in [4.69, 9.17) is 5.73 Å². The highest BCUT2D eigenvalue weighted by Crippen LogP contribution is 2.42. The number of hydrogen-bond acceptors (Lipinski definition) is 3. The van der Waals surface area contributed by atoms with Crippen LogP contribution in [0.2, 0.25) is 0 Å². The van der Waals surface area contributed by atoms with Crippen LogP contribution in [0.15, 0.2) is 40.8 Å². The first-order valence-corrected chi connectivity index (χ1v) is 9.43. The second kappa shape index (κ2) is 6.69. The molecule has 2 aliphatic carbocycles. The molecule has 2 unspecified atom stereocenters. The third-order valence-corrected chi connectivity index (χ3v) is 6.19. The van der Waals surface area contributed by atoms with E-state index in [-0.39, 0.29) is 5.92 Å². The summed E-state index contributed by atoms with van der Waals surface area (Å²) in [6.07, 6.45) is 12.1. The number of nitrogens with two attached hydrogens (primary N) is 1. The van der Waals surface area contributed by atoms with Crippen molar-refractivity contribution in [2.24, 2.45) is 17.6 Å². The Kier molecular flexibility index (Phi) is 4.86. The molecule has 22 heavy (non-hydrogen) atoms. The molecule has 3 rings (SSSR count). The van der Waals surface area contributed by atoms with Crippen molar-refractivity contribution in [2.45, 2.75) is 57.6 Å². The molecule has 1 aromatic heterocycles. The second-order valence-corrected chi connectivity index (χ2v) is 7.84. The van der Waals surface area contributed by atoms with Crippen molar-refractivity contribution < 1.29 is 5.11 Å². The molecular formula is C19H27NOS. The second-order valence-electron chi connectivity index (χ2n) is 6.81. The zero-order chi connectivity index (χ0) is 15.6. The van der Waals surface area contributed by atoms with Crippen molar-refractivity contribution in [3.05, 3.63) is 45.7 Å². The number of thiophene rings is 1. The lowest BCUT2D eigenvalue weighted by molar-refractivity contribution is 0.0297. The van der Waals surface area contributed by atoms with Crippen molar-refractivity contribution in [1.29, 1.82) is 0 Å². The average Bonchev–Trinajstić information content (AvgIpc) is 3.00. The molecule has 3 heteroatoms. The summed E-state index contributed by atoms with van der Waals surface area (Å²) in [4.78, 5) is 1.37. The van der Waals surface area contributed by atoms with Crippen molar-refractivity contribution in [1.82, 2.24) is 0 Å². The van der Waals surface area contributed by atoms with Gasteiger partial charge in [-0.3, -0.25) is 5.73 Å². The van der Waals surface area contributed by atoms with Gasteiger partial charge in [0.05, 0.1) is 0 Å². The predicted octanol–water partition coefficient (Wildman–Crippen LogP) is 4.41. The summed E-state index contributed by atoms with van der Waals surface area (Å²) in [5.41, 5.74) is 7.66. The highest BCUT2D eigenvalue weighted by Gasteiger charge is 2.40. The average molecular weight is 317 g/mol. The van der Waals surface area contributed by atoms with Gasteiger partial charge in [0.25, 0.3) is 0 Å². The van der Waals surface area contributed by atoms with E-state index in [2.05, 4.69) is 36.6 Å². The lowest BCUT2D eigenvalue weighted by Crippen LogP contribution is -2.50. The Hall–Kier alpha value is -0.900. The molecule has 2 aliphatic rings. The smallest absolute Gasteiger partial charge is 0.142 e. The minimum absolute atomic E-state index is 0.0380. The first-order valence-electron chi connectivity index (χ1n) is 8.55. The van der Waals surface area contributed by atoms with Gasteiger partial charge in [0.1, 0.15) is 5.72 Å². The summed E-state index contributed by atoms with van der Waals surface area (Å²) >= 11 is 1.78. The van der Waals surface area contributed by atoms with E-state index in [0.29, 0.717) is 0 Å². The largest absolute Gasteiger partial charge is 0.371 e. The van der Waals surface area contributed by atoms with Gasteiger partial charge in [0.15, 0.2) is 0 Å². The van der Waals surface area contributed by atoms with Crippen molar-refractivity contribution >= 4 is 11.3 Å². The molecule has 2 nitrogen and oxygen atoms in total. The molecule has 0 bridgehead atoms. The molecule has 1 heterocycles. The van der Waals surface area contributed by atoms with Gasteiger partial charge in [-0.2, -0.15) is 0 Å². The summed E-state index contributed by atoms with van der Waals surface area (Å²) < 4.78 is 0. The van der Waals surface area contributed by atoms with Crippen LogP contribution in [0.1, 0.15) is 50.3 Å². The van der Waals surface area contributed by atoms with Crippen molar-refractivity contribution in [2.75, 3.05) is 0 Å². The van der Waals surface area contributed by atoms with E-state index in [1.165, 1.54) is 29.7 Å². The van der Waals surface area contributed by atoms with E-state index in [1.807, 2.05) is 0 Å². The molecule has 0 fully saturated rings. The van der Waals surface area contributed by atoms with Gasteiger partial charge in [-0.25, -0.2) is 0 Å². The summed E-state index contributed by atoms with van der Waals surface area (Å²) in [5, 5.41) is 13.1. The minimum Gasteiger partial charge on any atom is -0.371 e. The number of allylic oxidation sites excluding steroid dienone is 2. The quantitative estimate of drug-likeness (QED) is 0.790. The Morgan fingerprint density at radius 2 is 2.27 bits per heavy atom.